The first-order valence-electron chi connectivity index (χ1n) is 8.44. The Balaban J connectivity index is 1.54. The second kappa shape index (κ2) is 8.88. The lowest BCUT2D eigenvalue weighted by Crippen LogP contribution is -2.12. The number of benzene rings is 3. The van der Waals surface area contributed by atoms with Gasteiger partial charge in [-0.3, -0.25) is 4.79 Å². The number of anilines is 1. The Bertz CT molecular complexity index is 856. The van der Waals surface area contributed by atoms with Crippen LogP contribution in [0.15, 0.2) is 72.8 Å². The summed E-state index contributed by atoms with van der Waals surface area (Å²) in [5, 5.41) is 3.66. The molecule has 0 atom stereocenters. The zero-order valence-electron chi connectivity index (χ0n) is 14.2. The molecule has 0 unspecified atom stereocenters. The number of carbonyl (C=O) groups is 1. The van der Waals surface area contributed by atoms with Gasteiger partial charge < -0.3 is 5.32 Å². The molecule has 0 heterocycles. The summed E-state index contributed by atoms with van der Waals surface area (Å²) in [4.78, 5) is 12.2. The van der Waals surface area contributed by atoms with E-state index in [0.29, 0.717) is 18.7 Å². The summed E-state index contributed by atoms with van der Waals surface area (Å²) in [7, 11) is 0. The van der Waals surface area contributed by atoms with Crippen LogP contribution in [-0.4, -0.2) is 5.91 Å². The maximum atomic E-state index is 12.2. The van der Waals surface area contributed by atoms with E-state index < -0.39 is 0 Å². The molecule has 26 heavy (non-hydrogen) atoms. The van der Waals surface area contributed by atoms with Gasteiger partial charge in [0.25, 0.3) is 0 Å². The van der Waals surface area contributed by atoms with Gasteiger partial charge in [-0.1, -0.05) is 60.1 Å². The Morgan fingerprint density at radius 3 is 1.88 bits per heavy atom. The van der Waals surface area contributed by atoms with Gasteiger partial charge >= 0.3 is 0 Å². The number of hydrogen-bond acceptors (Lipinski definition) is 1. The van der Waals surface area contributed by atoms with Crippen LogP contribution in [0.4, 0.5) is 5.69 Å². The summed E-state index contributed by atoms with van der Waals surface area (Å²) in [6, 6.07) is 23.5. The molecule has 1 N–H and O–H groups in total. The maximum Gasteiger partial charge on any atom is 0.224 e. The van der Waals surface area contributed by atoms with E-state index in [2.05, 4.69) is 5.32 Å². The zero-order valence-corrected chi connectivity index (χ0v) is 15.7. The highest BCUT2D eigenvalue weighted by Gasteiger charge is 2.04. The zero-order chi connectivity index (χ0) is 18.4. The van der Waals surface area contributed by atoms with E-state index in [1.54, 1.807) is 0 Å². The molecule has 4 heteroatoms. The van der Waals surface area contributed by atoms with Crippen LogP contribution in [-0.2, 0) is 17.1 Å². The number of aryl methyl sites for hydroxylation is 1. The summed E-state index contributed by atoms with van der Waals surface area (Å²) in [5.74, 6) is 0.512. The van der Waals surface area contributed by atoms with Gasteiger partial charge in [-0.05, 0) is 52.9 Å². The first-order chi connectivity index (χ1) is 12.6. The molecular weight excluding hydrogens is 365 g/mol. The molecule has 0 radical (unpaired) electrons. The van der Waals surface area contributed by atoms with E-state index in [9.17, 15) is 4.79 Å². The molecule has 0 aliphatic rings. The Kier molecular flexibility index (Phi) is 6.32. The number of halogens is 2. The summed E-state index contributed by atoms with van der Waals surface area (Å²) < 4.78 is 0. The quantitative estimate of drug-likeness (QED) is 0.495. The van der Waals surface area contributed by atoms with Crippen molar-refractivity contribution in [2.45, 2.75) is 18.7 Å². The molecule has 2 nitrogen and oxygen atoms in total. The molecule has 0 bridgehead atoms. The predicted octanol–water partition coefficient (Wildman–Crippen LogP) is 6.32. The van der Waals surface area contributed by atoms with E-state index in [4.69, 9.17) is 23.2 Å². The number of amides is 1. The van der Waals surface area contributed by atoms with Crippen LogP contribution >= 0.6 is 23.2 Å². The molecule has 0 saturated heterocycles. The third-order valence-electron chi connectivity index (χ3n) is 4.16. The van der Waals surface area contributed by atoms with Crippen molar-refractivity contribution >= 4 is 34.8 Å². The molecule has 132 valence electrons. The molecule has 0 aromatic heterocycles. The first-order valence-corrected chi connectivity index (χ1v) is 9.35. The number of carbonyl (C=O) groups excluding carboxylic acids is 1. The molecule has 0 aliphatic heterocycles. The molecule has 1 amide bonds. The van der Waals surface area contributed by atoms with Gasteiger partial charge in [0.15, 0.2) is 0 Å². The third-order valence-corrected chi connectivity index (χ3v) is 4.72. The van der Waals surface area contributed by atoms with Gasteiger partial charge in [-0.2, -0.15) is 0 Å². The normalized spacial score (nSPS) is 10.5. The summed E-state index contributed by atoms with van der Waals surface area (Å²) >= 11 is 11.7. The Hall–Kier alpha value is -2.29. The van der Waals surface area contributed by atoms with Crippen molar-refractivity contribution < 1.29 is 4.79 Å². The Morgan fingerprint density at radius 1 is 0.769 bits per heavy atom. The highest BCUT2D eigenvalue weighted by Crippen LogP contribution is 2.23. The number of rotatable bonds is 6. The van der Waals surface area contributed by atoms with Gasteiger partial charge in [0.2, 0.25) is 5.91 Å². The lowest BCUT2D eigenvalue weighted by Gasteiger charge is -2.07. The van der Waals surface area contributed by atoms with E-state index in [0.717, 1.165) is 33.0 Å². The van der Waals surface area contributed by atoms with Crippen LogP contribution in [0.1, 0.15) is 17.5 Å². The van der Waals surface area contributed by atoms with Crippen LogP contribution in [0.25, 0.3) is 11.1 Å². The molecule has 3 rings (SSSR count). The molecule has 0 aliphatic carbocycles. The minimum absolute atomic E-state index is 0.00524. The standard InChI is InChI=1S/C22H19Cl2NO/c23-15-17-3-1-16(2-4-17)5-14-22(26)25-21-12-8-19(9-13-21)18-6-10-20(24)11-7-18/h1-4,6-13H,5,14-15H2,(H,25,26). The van der Waals surface area contributed by atoms with Crippen LogP contribution in [0.2, 0.25) is 5.02 Å². The molecule has 0 spiro atoms. The Labute approximate surface area is 163 Å². The van der Waals surface area contributed by atoms with Crippen LogP contribution in [0, 0.1) is 0 Å². The van der Waals surface area contributed by atoms with E-state index >= 15 is 0 Å². The van der Waals surface area contributed by atoms with Crippen molar-refractivity contribution in [2.24, 2.45) is 0 Å². The number of nitrogens with one attached hydrogen (secondary N) is 1. The largest absolute Gasteiger partial charge is 0.326 e. The number of hydrogen-bond donors (Lipinski definition) is 1. The SMILES string of the molecule is O=C(CCc1ccc(CCl)cc1)Nc1ccc(-c2ccc(Cl)cc2)cc1. The monoisotopic (exact) mass is 383 g/mol. The highest BCUT2D eigenvalue weighted by atomic mass is 35.5. The lowest BCUT2D eigenvalue weighted by atomic mass is 10.1. The smallest absolute Gasteiger partial charge is 0.224 e. The van der Waals surface area contributed by atoms with E-state index in [1.165, 1.54) is 0 Å². The minimum atomic E-state index is 0.00524. The van der Waals surface area contributed by atoms with Gasteiger partial charge in [0.1, 0.15) is 0 Å². The fourth-order valence-corrected chi connectivity index (χ4v) is 2.97. The average Bonchev–Trinajstić information content (AvgIpc) is 2.68. The second-order valence-corrected chi connectivity index (χ2v) is 6.79. The average molecular weight is 384 g/mol. The summed E-state index contributed by atoms with van der Waals surface area (Å²) in [6.45, 7) is 0. The van der Waals surface area contributed by atoms with Crippen LogP contribution in [0.3, 0.4) is 0 Å². The van der Waals surface area contributed by atoms with Gasteiger partial charge in [-0.15, -0.1) is 11.6 Å². The second-order valence-electron chi connectivity index (χ2n) is 6.08. The summed E-state index contributed by atoms with van der Waals surface area (Å²) in [5.41, 5.74) is 5.18. The fourth-order valence-electron chi connectivity index (χ4n) is 2.66. The maximum absolute atomic E-state index is 12.2. The molecular formula is C22H19Cl2NO. The van der Waals surface area contributed by atoms with Crippen molar-refractivity contribution in [1.29, 1.82) is 0 Å². The van der Waals surface area contributed by atoms with E-state index in [-0.39, 0.29) is 5.91 Å². The lowest BCUT2D eigenvalue weighted by molar-refractivity contribution is -0.116. The minimum Gasteiger partial charge on any atom is -0.326 e. The Morgan fingerprint density at radius 2 is 1.31 bits per heavy atom. The van der Waals surface area contributed by atoms with Crippen molar-refractivity contribution in [3.63, 3.8) is 0 Å². The fraction of sp³-hybridized carbons (Fsp3) is 0.136. The summed E-state index contributed by atoms with van der Waals surface area (Å²) in [6.07, 6.45) is 1.15. The van der Waals surface area contributed by atoms with Gasteiger partial charge in [0.05, 0.1) is 0 Å². The molecule has 0 fully saturated rings. The third kappa shape index (κ3) is 5.10. The van der Waals surface area contributed by atoms with Crippen LogP contribution < -0.4 is 5.32 Å². The highest BCUT2D eigenvalue weighted by molar-refractivity contribution is 6.30. The van der Waals surface area contributed by atoms with Crippen molar-refractivity contribution in [3.8, 4) is 11.1 Å². The molecule has 3 aromatic rings. The molecule has 3 aromatic carbocycles. The van der Waals surface area contributed by atoms with Crippen molar-refractivity contribution in [1.82, 2.24) is 0 Å². The van der Waals surface area contributed by atoms with Crippen LogP contribution in [0.5, 0.6) is 0 Å². The van der Waals surface area contributed by atoms with Crippen molar-refractivity contribution in [3.05, 3.63) is 88.9 Å². The van der Waals surface area contributed by atoms with Gasteiger partial charge in [0, 0.05) is 23.0 Å². The van der Waals surface area contributed by atoms with Gasteiger partial charge in [-0.25, -0.2) is 0 Å². The topological polar surface area (TPSA) is 29.1 Å². The predicted molar refractivity (Wildman–Crippen MR) is 110 cm³/mol. The first kappa shape index (κ1) is 18.5. The van der Waals surface area contributed by atoms with Crippen molar-refractivity contribution in [2.75, 3.05) is 5.32 Å². The molecule has 0 saturated carbocycles. The van der Waals surface area contributed by atoms with E-state index in [1.807, 2.05) is 72.8 Å². The number of alkyl halides is 1.